The number of benzene rings is 2. The number of fused-ring (bicyclic) bond motifs is 2. The Bertz CT molecular complexity index is 2000. The van der Waals surface area contributed by atoms with Crippen molar-refractivity contribution in [1.29, 1.82) is 0 Å². The summed E-state index contributed by atoms with van der Waals surface area (Å²) in [6.07, 6.45) is -0.330. The summed E-state index contributed by atoms with van der Waals surface area (Å²) in [6, 6.07) is 9.64. The summed E-state index contributed by atoms with van der Waals surface area (Å²) in [5, 5.41) is 8.71. The second kappa shape index (κ2) is 20.4. The average Bonchev–Trinajstić information content (AvgIpc) is 3.69. The number of carbonyl (C=O) groups is 4. The first-order valence-electron chi connectivity index (χ1n) is 17.9. The van der Waals surface area contributed by atoms with Gasteiger partial charge in [-0.25, -0.2) is 22.4 Å². The number of nitrogens with zero attached hydrogens (tertiary/aromatic N) is 6. The first kappa shape index (κ1) is 51.0. The van der Waals surface area contributed by atoms with Crippen molar-refractivity contribution < 1.29 is 92.9 Å². The van der Waals surface area contributed by atoms with Crippen LogP contribution in [0.25, 0.3) is 22.5 Å². The molecule has 2 atom stereocenters. The number of halogens is 4. The van der Waals surface area contributed by atoms with Crippen molar-refractivity contribution in [3.63, 3.8) is 0 Å². The quantitative estimate of drug-likeness (QED) is 0.159. The SMILES string of the molecule is C.CC(C)(C)CC(=O)N1Cc2c(C(N)=O)c(-c3cccc(F)c3)nn2C(CF)C1.CC(C)(C)OC(=O)N1Cc2c(C(N)=O)c(-c3cccc(F)c3)nn2C(CF)C1.[CH3-].[K+]. The molecule has 0 spiro atoms. The minimum atomic E-state index is -0.811. The minimum Gasteiger partial charge on any atom is -0.444 e. The molecular formula is C41H53F4KN8O5. The summed E-state index contributed by atoms with van der Waals surface area (Å²) in [5.74, 6) is -2.65. The number of aromatic nitrogens is 4. The maximum atomic E-state index is 13.8. The normalized spacial score (nSPS) is 15.8. The van der Waals surface area contributed by atoms with Crippen LogP contribution < -0.4 is 62.9 Å². The fourth-order valence-corrected chi connectivity index (χ4v) is 6.64. The van der Waals surface area contributed by atoms with E-state index in [1.54, 1.807) is 32.9 Å². The second-order valence-electron chi connectivity index (χ2n) is 16.0. The molecule has 2 aromatic heterocycles. The van der Waals surface area contributed by atoms with Crippen molar-refractivity contribution in [2.75, 3.05) is 26.4 Å². The van der Waals surface area contributed by atoms with Crippen molar-refractivity contribution in [2.45, 2.75) is 86.2 Å². The summed E-state index contributed by atoms with van der Waals surface area (Å²) in [4.78, 5) is 52.4. The van der Waals surface area contributed by atoms with E-state index in [9.17, 15) is 36.7 Å². The number of nitrogens with two attached hydrogens (primary N) is 2. The molecule has 2 aliphatic rings. The van der Waals surface area contributed by atoms with Crippen molar-refractivity contribution in [1.82, 2.24) is 29.4 Å². The topological polar surface area (TPSA) is 172 Å². The van der Waals surface area contributed by atoms with E-state index in [4.69, 9.17) is 16.2 Å². The summed E-state index contributed by atoms with van der Waals surface area (Å²) < 4.78 is 63.0. The molecule has 0 fully saturated rings. The summed E-state index contributed by atoms with van der Waals surface area (Å²) in [6.45, 7) is 9.71. The van der Waals surface area contributed by atoms with E-state index in [-0.39, 0.29) is 126 Å². The van der Waals surface area contributed by atoms with Gasteiger partial charge in [0.05, 0.1) is 47.7 Å². The van der Waals surface area contributed by atoms with Crippen LogP contribution in [0.3, 0.4) is 0 Å². The zero-order valence-corrected chi connectivity index (χ0v) is 37.2. The smallest absolute Gasteiger partial charge is 0.444 e. The number of alkyl halides is 2. The van der Waals surface area contributed by atoms with E-state index in [0.717, 1.165) is 0 Å². The summed E-state index contributed by atoms with van der Waals surface area (Å²) in [7, 11) is 0. The van der Waals surface area contributed by atoms with Crippen LogP contribution >= 0.6 is 0 Å². The Labute approximate surface area is 385 Å². The molecule has 0 saturated carbocycles. The van der Waals surface area contributed by atoms with Gasteiger partial charge in [0.2, 0.25) is 5.91 Å². The third-order valence-corrected chi connectivity index (χ3v) is 8.99. The van der Waals surface area contributed by atoms with Gasteiger partial charge >= 0.3 is 57.5 Å². The van der Waals surface area contributed by atoms with Gasteiger partial charge < -0.3 is 33.4 Å². The van der Waals surface area contributed by atoms with Crippen LogP contribution in [-0.4, -0.2) is 85.2 Å². The van der Waals surface area contributed by atoms with Gasteiger partial charge in [-0.15, -0.1) is 0 Å². The first-order valence-corrected chi connectivity index (χ1v) is 17.9. The molecule has 0 radical (unpaired) electrons. The van der Waals surface area contributed by atoms with Gasteiger partial charge in [-0.3, -0.25) is 23.7 Å². The average molecular weight is 853 g/mol. The maximum Gasteiger partial charge on any atom is 1.00 e. The zero-order chi connectivity index (χ0) is 41.3. The molecule has 2 aromatic carbocycles. The second-order valence-corrected chi connectivity index (χ2v) is 16.0. The van der Waals surface area contributed by atoms with Crippen molar-refractivity contribution in [3.05, 3.63) is 90.1 Å². The molecule has 316 valence electrons. The molecule has 0 aliphatic carbocycles. The molecule has 13 nitrogen and oxygen atoms in total. The Hall–Kier alpha value is -4.10. The molecule has 4 heterocycles. The van der Waals surface area contributed by atoms with Gasteiger partial charge in [-0.1, -0.05) is 52.5 Å². The number of rotatable bonds is 7. The van der Waals surface area contributed by atoms with Gasteiger partial charge in [0, 0.05) is 30.6 Å². The molecule has 59 heavy (non-hydrogen) atoms. The summed E-state index contributed by atoms with van der Waals surface area (Å²) in [5.41, 5.74) is 12.1. The van der Waals surface area contributed by atoms with Gasteiger partial charge in [-0.2, -0.15) is 10.2 Å². The summed E-state index contributed by atoms with van der Waals surface area (Å²) >= 11 is 0. The largest absolute Gasteiger partial charge is 1.00 e. The van der Waals surface area contributed by atoms with Crippen LogP contribution in [0.4, 0.5) is 22.4 Å². The monoisotopic (exact) mass is 852 g/mol. The van der Waals surface area contributed by atoms with Gasteiger partial charge in [-0.05, 0) is 50.5 Å². The predicted octanol–water partition coefficient (Wildman–Crippen LogP) is 4.22. The fourth-order valence-electron chi connectivity index (χ4n) is 6.64. The van der Waals surface area contributed by atoms with Gasteiger partial charge in [0.1, 0.15) is 42.0 Å². The van der Waals surface area contributed by atoms with Crippen LogP contribution in [0.15, 0.2) is 48.5 Å². The third kappa shape index (κ3) is 12.0. The Kier molecular flexibility index (Phi) is 17.7. The third-order valence-electron chi connectivity index (χ3n) is 8.99. The van der Waals surface area contributed by atoms with Crippen LogP contribution in [0.2, 0.25) is 0 Å². The Morgan fingerprint density at radius 1 is 0.746 bits per heavy atom. The van der Waals surface area contributed by atoms with Crippen molar-refractivity contribution in [3.8, 4) is 22.5 Å². The Morgan fingerprint density at radius 2 is 1.15 bits per heavy atom. The van der Waals surface area contributed by atoms with Gasteiger partial charge in [0.15, 0.2) is 0 Å². The molecule has 2 aliphatic heterocycles. The zero-order valence-electron chi connectivity index (χ0n) is 34.1. The molecule has 0 saturated heterocycles. The number of ether oxygens (including phenoxy) is 1. The van der Waals surface area contributed by atoms with E-state index in [1.807, 2.05) is 20.8 Å². The molecule has 0 bridgehead atoms. The standard InChI is InChI=1S/C20H24F2N4O2.C19H22F2N4O3.CH4.CH3.K/c1-20(2,3)8-16(27)25-10-14(9-21)26-15(11-25)17(19(23)28)18(24-26)12-5-4-6-13(22)7-12;1-19(2,3)28-18(27)24-9-13(8-20)25-14(10-24)15(17(22)26)16(23-25)11-5-4-6-12(21)7-11;;;/h4-7,14H,8-11H2,1-3H3,(H2,23,28);4-7,13H,8-10H2,1-3H3,(H2,22,26);1H4;1H3;/q;;;-1;+1. The van der Waals surface area contributed by atoms with E-state index in [0.29, 0.717) is 28.9 Å². The van der Waals surface area contributed by atoms with Gasteiger partial charge in [0.25, 0.3) is 11.8 Å². The predicted molar refractivity (Wildman–Crippen MR) is 212 cm³/mol. The number of amides is 4. The fraction of sp³-hybridized carbons (Fsp3) is 0.439. The first-order chi connectivity index (χ1) is 26.2. The molecule has 4 amide bonds. The Morgan fingerprint density at radius 3 is 1.51 bits per heavy atom. The van der Waals surface area contributed by atoms with Crippen molar-refractivity contribution >= 4 is 23.8 Å². The maximum absolute atomic E-state index is 13.8. The number of hydrogen-bond donors (Lipinski definition) is 2. The van der Waals surface area contributed by atoms with E-state index in [2.05, 4.69) is 10.2 Å². The number of primary amides is 2. The minimum absolute atomic E-state index is 0. The van der Waals surface area contributed by atoms with Crippen LogP contribution in [-0.2, 0) is 22.6 Å². The molecule has 4 aromatic rings. The molecule has 18 heteroatoms. The van der Waals surface area contributed by atoms with E-state index < -0.39 is 60.6 Å². The number of carbonyl (C=O) groups excluding carboxylic acids is 4. The molecule has 6 rings (SSSR count). The molecule has 4 N–H and O–H groups in total. The number of hydrogen-bond acceptors (Lipinski definition) is 7. The van der Waals surface area contributed by atoms with Crippen LogP contribution in [0.5, 0.6) is 0 Å². The molecule has 2 unspecified atom stereocenters. The van der Waals surface area contributed by atoms with E-state index in [1.165, 1.54) is 55.6 Å². The van der Waals surface area contributed by atoms with Crippen LogP contribution in [0.1, 0.15) is 99.6 Å². The van der Waals surface area contributed by atoms with Crippen molar-refractivity contribution in [2.24, 2.45) is 16.9 Å². The molecular weight excluding hydrogens is 800 g/mol. The Balaban J connectivity index is 0.000000387. The van der Waals surface area contributed by atoms with E-state index >= 15 is 0 Å². The van der Waals surface area contributed by atoms with Crippen LogP contribution in [0, 0.1) is 24.5 Å².